The van der Waals surface area contributed by atoms with Gasteiger partial charge in [0.15, 0.2) is 0 Å². The lowest BCUT2D eigenvalue weighted by Crippen LogP contribution is -1.96. The van der Waals surface area contributed by atoms with E-state index in [4.69, 9.17) is 0 Å². The summed E-state index contributed by atoms with van der Waals surface area (Å²) >= 11 is 0. The maximum atomic E-state index is 11.0. The molecule has 1 nitrogen and oxygen atoms in total. The van der Waals surface area contributed by atoms with Crippen LogP contribution in [0.5, 0.6) is 0 Å². The van der Waals surface area contributed by atoms with E-state index in [1.54, 1.807) is 6.92 Å². The lowest BCUT2D eigenvalue weighted by molar-refractivity contribution is -0.117. The standard InChI is InChI=1S/C26H36O.C2H6/c1-5-6-11-20(2)23-15-17-24(18-16-23)26-19-14-21(3)25(26)13-10-8-7-9-12-22(4)27;1-2/h8,10,14-21H,5-7,9,11-13H2,1-4H3;1-2H3/b10-8-;/t20?,21-;/m1./s1. The van der Waals surface area contributed by atoms with Crippen LogP contribution in [0.4, 0.5) is 0 Å². The molecule has 0 amide bonds. The van der Waals surface area contributed by atoms with Crippen molar-refractivity contribution in [2.75, 3.05) is 0 Å². The monoisotopic (exact) mass is 394 g/mol. The fourth-order valence-corrected chi connectivity index (χ4v) is 3.75. The van der Waals surface area contributed by atoms with Gasteiger partial charge in [0.25, 0.3) is 0 Å². The van der Waals surface area contributed by atoms with E-state index in [0.717, 1.165) is 19.3 Å². The number of unbranched alkanes of at least 4 members (excludes halogenated alkanes) is 2. The zero-order valence-electron chi connectivity index (χ0n) is 19.6. The molecule has 0 radical (unpaired) electrons. The highest BCUT2D eigenvalue weighted by molar-refractivity contribution is 5.80. The van der Waals surface area contributed by atoms with Crippen molar-refractivity contribution in [1.29, 1.82) is 0 Å². The average Bonchev–Trinajstić information content (AvgIpc) is 3.10. The molecule has 1 heteroatoms. The fourth-order valence-electron chi connectivity index (χ4n) is 3.75. The Morgan fingerprint density at radius 2 is 1.79 bits per heavy atom. The average molecular weight is 395 g/mol. The molecule has 0 fully saturated rings. The summed E-state index contributed by atoms with van der Waals surface area (Å²) in [5.41, 5.74) is 5.69. The third-order valence-electron chi connectivity index (χ3n) is 5.63. The van der Waals surface area contributed by atoms with Crippen LogP contribution in [0, 0.1) is 5.92 Å². The molecule has 160 valence electrons. The number of ketones is 1. The molecule has 0 saturated heterocycles. The van der Waals surface area contributed by atoms with Gasteiger partial charge >= 0.3 is 0 Å². The Labute approximate surface area is 180 Å². The van der Waals surface area contributed by atoms with Crippen LogP contribution in [-0.2, 0) is 4.79 Å². The van der Waals surface area contributed by atoms with Crippen LogP contribution < -0.4 is 0 Å². The summed E-state index contributed by atoms with van der Waals surface area (Å²) in [5.74, 6) is 1.43. The van der Waals surface area contributed by atoms with E-state index in [1.165, 1.54) is 41.5 Å². The van der Waals surface area contributed by atoms with Crippen LogP contribution in [0.1, 0.15) is 104 Å². The quantitative estimate of drug-likeness (QED) is 0.271. The Kier molecular flexibility index (Phi) is 12.3. The maximum Gasteiger partial charge on any atom is 0.129 e. The first-order valence-electron chi connectivity index (χ1n) is 11.7. The number of hydrogen-bond donors (Lipinski definition) is 0. The van der Waals surface area contributed by atoms with Gasteiger partial charge < -0.3 is 4.79 Å². The van der Waals surface area contributed by atoms with Crippen LogP contribution in [-0.4, -0.2) is 5.78 Å². The lowest BCUT2D eigenvalue weighted by atomic mass is 9.91. The maximum absolute atomic E-state index is 11.0. The van der Waals surface area contributed by atoms with E-state index in [2.05, 4.69) is 69.3 Å². The molecule has 1 aliphatic rings. The van der Waals surface area contributed by atoms with Crippen LogP contribution in [0.3, 0.4) is 0 Å². The van der Waals surface area contributed by atoms with Crippen molar-refractivity contribution < 1.29 is 4.79 Å². The smallest absolute Gasteiger partial charge is 0.129 e. The Morgan fingerprint density at radius 1 is 1.10 bits per heavy atom. The van der Waals surface area contributed by atoms with Gasteiger partial charge in [0.1, 0.15) is 5.78 Å². The zero-order chi connectivity index (χ0) is 21.6. The van der Waals surface area contributed by atoms with Gasteiger partial charge in [0.05, 0.1) is 0 Å². The van der Waals surface area contributed by atoms with Crippen molar-refractivity contribution in [1.82, 2.24) is 0 Å². The van der Waals surface area contributed by atoms with Gasteiger partial charge in [-0.25, -0.2) is 0 Å². The molecule has 1 aliphatic carbocycles. The largest absolute Gasteiger partial charge is 0.300 e. The van der Waals surface area contributed by atoms with Gasteiger partial charge in [0, 0.05) is 6.42 Å². The molecule has 0 aromatic heterocycles. The number of Topliss-reactive ketones (excluding diaryl/α,β-unsaturated/α-hetero) is 1. The van der Waals surface area contributed by atoms with E-state index < -0.39 is 0 Å². The van der Waals surface area contributed by atoms with E-state index in [9.17, 15) is 4.79 Å². The van der Waals surface area contributed by atoms with Gasteiger partial charge in [-0.2, -0.15) is 0 Å². The molecule has 0 N–H and O–H groups in total. The summed E-state index contributed by atoms with van der Waals surface area (Å²) < 4.78 is 0. The summed E-state index contributed by atoms with van der Waals surface area (Å²) in [6.07, 6.45) is 16.6. The summed E-state index contributed by atoms with van der Waals surface area (Å²) in [5, 5.41) is 0. The molecule has 2 rings (SSSR count). The highest BCUT2D eigenvalue weighted by Gasteiger charge is 2.17. The molecule has 1 aromatic rings. The minimum atomic E-state index is 0.287. The second-order valence-corrected chi connectivity index (χ2v) is 8.02. The molecular weight excluding hydrogens is 352 g/mol. The minimum Gasteiger partial charge on any atom is -0.300 e. The van der Waals surface area contributed by atoms with E-state index >= 15 is 0 Å². The first-order chi connectivity index (χ1) is 14.0. The Hall–Kier alpha value is -1.89. The Morgan fingerprint density at radius 3 is 2.41 bits per heavy atom. The molecular formula is C28H42O. The predicted octanol–water partition coefficient (Wildman–Crippen LogP) is 8.67. The Bertz CT molecular complexity index is 688. The number of carbonyl (C=O) groups is 1. The first kappa shape index (κ1) is 25.1. The topological polar surface area (TPSA) is 17.1 Å². The highest BCUT2D eigenvalue weighted by atomic mass is 16.1. The van der Waals surface area contributed by atoms with Gasteiger partial charge in [-0.15, -0.1) is 0 Å². The van der Waals surface area contributed by atoms with Crippen molar-refractivity contribution in [3.05, 3.63) is 65.3 Å². The first-order valence-corrected chi connectivity index (χ1v) is 11.7. The van der Waals surface area contributed by atoms with Crippen molar-refractivity contribution in [3.63, 3.8) is 0 Å². The number of carbonyl (C=O) groups excluding carboxylic acids is 1. The second kappa shape index (κ2) is 14.1. The number of hydrogen-bond acceptors (Lipinski definition) is 1. The van der Waals surface area contributed by atoms with Crippen LogP contribution in [0.25, 0.3) is 5.57 Å². The highest BCUT2D eigenvalue weighted by Crippen LogP contribution is 2.35. The molecule has 0 heterocycles. The summed E-state index contributed by atoms with van der Waals surface area (Å²) in [4.78, 5) is 11.0. The molecule has 0 bridgehead atoms. The molecule has 0 spiro atoms. The molecule has 1 unspecified atom stereocenters. The van der Waals surface area contributed by atoms with Crippen LogP contribution in [0.15, 0.2) is 54.1 Å². The predicted molar refractivity (Wildman–Crippen MR) is 129 cm³/mol. The molecule has 0 aliphatic heterocycles. The van der Waals surface area contributed by atoms with E-state index in [0.29, 0.717) is 18.3 Å². The third-order valence-corrected chi connectivity index (χ3v) is 5.63. The second-order valence-electron chi connectivity index (χ2n) is 8.02. The third kappa shape index (κ3) is 8.56. The van der Waals surface area contributed by atoms with Gasteiger partial charge in [-0.1, -0.05) is 102 Å². The van der Waals surface area contributed by atoms with Crippen molar-refractivity contribution in [2.24, 2.45) is 5.92 Å². The fraction of sp³-hybridized carbons (Fsp3) is 0.536. The van der Waals surface area contributed by atoms with Crippen LogP contribution in [0.2, 0.25) is 0 Å². The Balaban J connectivity index is 0.00000204. The normalized spacial score (nSPS) is 16.8. The van der Waals surface area contributed by atoms with Crippen molar-refractivity contribution in [3.8, 4) is 0 Å². The van der Waals surface area contributed by atoms with Crippen LogP contribution >= 0.6 is 0 Å². The number of allylic oxidation sites excluding steroid dienone is 6. The van der Waals surface area contributed by atoms with Crippen molar-refractivity contribution in [2.45, 2.75) is 92.4 Å². The van der Waals surface area contributed by atoms with Crippen molar-refractivity contribution >= 4 is 11.4 Å². The van der Waals surface area contributed by atoms with Gasteiger partial charge in [0.2, 0.25) is 0 Å². The van der Waals surface area contributed by atoms with Gasteiger partial charge in [-0.05, 0) is 61.1 Å². The van der Waals surface area contributed by atoms with E-state index in [1.807, 2.05) is 13.8 Å². The minimum absolute atomic E-state index is 0.287. The summed E-state index contributed by atoms with van der Waals surface area (Å²) in [7, 11) is 0. The molecule has 2 atom stereocenters. The molecule has 1 aromatic carbocycles. The molecule has 0 saturated carbocycles. The van der Waals surface area contributed by atoms with E-state index in [-0.39, 0.29) is 5.78 Å². The zero-order valence-corrected chi connectivity index (χ0v) is 19.6. The molecule has 29 heavy (non-hydrogen) atoms. The SMILES string of the molecule is CC.CCCCC(C)c1ccc(C2=C(C/C=C\CCCC(C)=O)[C@H](C)C=C2)cc1. The van der Waals surface area contributed by atoms with Gasteiger partial charge in [-0.3, -0.25) is 0 Å². The number of rotatable bonds is 11. The number of benzene rings is 1. The summed E-state index contributed by atoms with van der Waals surface area (Å²) in [6, 6.07) is 9.22. The lowest BCUT2D eigenvalue weighted by Gasteiger charge is -2.14. The summed E-state index contributed by atoms with van der Waals surface area (Å²) in [6.45, 7) is 12.5.